The van der Waals surface area contributed by atoms with Crippen molar-refractivity contribution in [2.45, 2.75) is 11.1 Å². The Morgan fingerprint density at radius 2 is 1.81 bits per heavy atom. The molecule has 3 aromatic rings. The lowest BCUT2D eigenvalue weighted by Crippen LogP contribution is -2.16. The van der Waals surface area contributed by atoms with Crippen LogP contribution < -0.4 is 4.72 Å². The normalized spacial score (nSPS) is 12.2. The quantitative estimate of drug-likeness (QED) is 0.695. The van der Waals surface area contributed by atoms with Crippen molar-refractivity contribution >= 4 is 15.7 Å². The Balaban J connectivity index is 2.10. The van der Waals surface area contributed by atoms with Gasteiger partial charge in [-0.05, 0) is 42.5 Å². The number of hydrogen-bond donors (Lipinski definition) is 1. The minimum atomic E-state index is -4.66. The van der Waals surface area contributed by atoms with Gasteiger partial charge in [-0.1, -0.05) is 6.07 Å². The van der Waals surface area contributed by atoms with Crippen LogP contribution in [0.2, 0.25) is 0 Å². The number of nitrogens with one attached hydrogen (secondary N) is 1. The van der Waals surface area contributed by atoms with E-state index in [9.17, 15) is 26.0 Å². The summed E-state index contributed by atoms with van der Waals surface area (Å²) in [6.07, 6.45) is -1.83. The van der Waals surface area contributed by atoms with E-state index in [-0.39, 0.29) is 11.4 Å². The fourth-order valence-electron chi connectivity index (χ4n) is 2.24. The summed E-state index contributed by atoms with van der Waals surface area (Å²) in [7, 11) is -4.31. The van der Waals surface area contributed by atoms with Crippen LogP contribution in [0.3, 0.4) is 0 Å². The number of halogens is 4. The van der Waals surface area contributed by atoms with Gasteiger partial charge in [-0.25, -0.2) is 17.5 Å². The van der Waals surface area contributed by atoms with Crippen molar-refractivity contribution in [2.24, 2.45) is 0 Å². The summed E-state index contributed by atoms with van der Waals surface area (Å²) in [4.78, 5) is -0.415. The van der Waals surface area contributed by atoms with Crippen molar-refractivity contribution in [3.8, 4) is 5.69 Å². The van der Waals surface area contributed by atoms with Crippen molar-refractivity contribution < 1.29 is 26.0 Å². The lowest BCUT2D eigenvalue weighted by Gasteiger charge is -2.15. The lowest BCUT2D eigenvalue weighted by molar-refractivity contribution is -0.137. The number of rotatable bonds is 4. The fraction of sp³-hybridized carbons (Fsp3) is 0.0625. The largest absolute Gasteiger partial charge is 0.416 e. The minimum Gasteiger partial charge on any atom is -0.277 e. The third kappa shape index (κ3) is 3.69. The molecule has 5 nitrogen and oxygen atoms in total. The van der Waals surface area contributed by atoms with E-state index in [0.29, 0.717) is 6.07 Å². The van der Waals surface area contributed by atoms with Crippen molar-refractivity contribution in [2.75, 3.05) is 4.72 Å². The summed E-state index contributed by atoms with van der Waals surface area (Å²) in [5.41, 5.74) is -1.29. The van der Waals surface area contributed by atoms with Crippen molar-refractivity contribution in [1.82, 2.24) is 9.78 Å². The third-order valence-electron chi connectivity index (χ3n) is 3.43. The second kappa shape index (κ2) is 6.45. The summed E-state index contributed by atoms with van der Waals surface area (Å²) in [6, 6.07) is 8.24. The van der Waals surface area contributed by atoms with Crippen LogP contribution in [0.25, 0.3) is 5.69 Å². The SMILES string of the molecule is O=S(=O)(Nc1cc(C(F)(F)F)ccc1-n1cccn1)c1cccc(F)c1. The zero-order chi connectivity index (χ0) is 18.9. The molecule has 0 radical (unpaired) electrons. The number of sulfonamides is 1. The summed E-state index contributed by atoms with van der Waals surface area (Å²) in [6.45, 7) is 0. The first-order valence-corrected chi connectivity index (χ1v) is 8.65. The molecule has 0 amide bonds. The zero-order valence-electron chi connectivity index (χ0n) is 12.9. The number of aromatic nitrogens is 2. The smallest absolute Gasteiger partial charge is 0.277 e. The molecule has 0 saturated heterocycles. The van der Waals surface area contributed by atoms with Crippen molar-refractivity contribution in [3.63, 3.8) is 0 Å². The van der Waals surface area contributed by atoms with E-state index in [1.807, 2.05) is 0 Å². The Morgan fingerprint density at radius 1 is 1.04 bits per heavy atom. The molecule has 0 aliphatic carbocycles. The van der Waals surface area contributed by atoms with Crippen molar-refractivity contribution in [3.05, 3.63) is 72.3 Å². The molecule has 26 heavy (non-hydrogen) atoms. The second-order valence-electron chi connectivity index (χ2n) is 5.24. The monoisotopic (exact) mass is 385 g/mol. The van der Waals surface area contributed by atoms with Gasteiger partial charge in [-0.3, -0.25) is 4.72 Å². The first-order chi connectivity index (χ1) is 12.2. The zero-order valence-corrected chi connectivity index (χ0v) is 13.7. The van der Waals surface area contributed by atoms with Gasteiger partial charge in [-0.2, -0.15) is 18.3 Å². The van der Waals surface area contributed by atoms with E-state index in [1.54, 1.807) is 0 Å². The summed E-state index contributed by atoms with van der Waals surface area (Å²) >= 11 is 0. The Morgan fingerprint density at radius 3 is 2.42 bits per heavy atom. The van der Waals surface area contributed by atoms with Crippen LogP contribution in [0, 0.1) is 5.82 Å². The molecule has 1 aromatic heterocycles. The Bertz CT molecular complexity index is 1030. The van der Waals surface area contributed by atoms with Crippen LogP contribution in [0.1, 0.15) is 5.56 Å². The molecule has 1 N–H and O–H groups in total. The molecule has 0 fully saturated rings. The number of benzene rings is 2. The van der Waals surface area contributed by atoms with Crippen LogP contribution in [-0.4, -0.2) is 18.2 Å². The maximum atomic E-state index is 13.3. The van der Waals surface area contributed by atoms with E-state index in [4.69, 9.17) is 0 Å². The van der Waals surface area contributed by atoms with Gasteiger partial charge in [0, 0.05) is 12.4 Å². The van der Waals surface area contributed by atoms with Gasteiger partial charge in [0.25, 0.3) is 10.0 Å². The van der Waals surface area contributed by atoms with Gasteiger partial charge in [0.2, 0.25) is 0 Å². The van der Waals surface area contributed by atoms with Gasteiger partial charge in [0.15, 0.2) is 0 Å². The highest BCUT2D eigenvalue weighted by Gasteiger charge is 2.32. The minimum absolute atomic E-state index is 0.0861. The average Bonchev–Trinajstić information content (AvgIpc) is 3.08. The van der Waals surface area contributed by atoms with Gasteiger partial charge < -0.3 is 0 Å². The molecular weight excluding hydrogens is 374 g/mol. The predicted octanol–water partition coefficient (Wildman–Crippen LogP) is 3.83. The Hall–Kier alpha value is -2.88. The molecule has 0 aliphatic rings. The summed E-state index contributed by atoms with van der Waals surface area (Å²) in [5, 5.41) is 3.90. The number of anilines is 1. The van der Waals surface area contributed by atoms with Crippen LogP contribution in [-0.2, 0) is 16.2 Å². The number of hydrogen-bond acceptors (Lipinski definition) is 3. The van der Waals surface area contributed by atoms with E-state index in [1.165, 1.54) is 29.2 Å². The van der Waals surface area contributed by atoms with E-state index >= 15 is 0 Å². The van der Waals surface area contributed by atoms with Gasteiger partial charge >= 0.3 is 6.18 Å². The number of nitrogens with zero attached hydrogens (tertiary/aromatic N) is 2. The van der Waals surface area contributed by atoms with Gasteiger partial charge in [-0.15, -0.1) is 0 Å². The standard InChI is InChI=1S/C16H11F4N3O2S/c17-12-3-1-4-13(10-12)26(24,25)22-14-9-11(16(18,19)20)5-6-15(14)23-8-2-7-21-23/h1-10,22H. The molecule has 1 heterocycles. The van der Waals surface area contributed by atoms with Crippen molar-refractivity contribution in [1.29, 1.82) is 0 Å². The Labute approximate surface area is 145 Å². The highest BCUT2D eigenvalue weighted by molar-refractivity contribution is 7.92. The maximum absolute atomic E-state index is 13.3. The van der Waals surface area contributed by atoms with Crippen LogP contribution in [0.15, 0.2) is 65.8 Å². The molecule has 0 aliphatic heterocycles. The van der Waals surface area contributed by atoms with Crippen LogP contribution in [0.4, 0.5) is 23.2 Å². The molecule has 0 unspecified atom stereocenters. The van der Waals surface area contributed by atoms with Crippen LogP contribution >= 0.6 is 0 Å². The topological polar surface area (TPSA) is 64.0 Å². The van der Waals surface area contributed by atoms with E-state index in [0.717, 1.165) is 30.3 Å². The summed E-state index contributed by atoms with van der Waals surface area (Å²) in [5.74, 6) is -0.788. The first-order valence-electron chi connectivity index (χ1n) is 7.16. The second-order valence-corrected chi connectivity index (χ2v) is 6.93. The molecule has 0 atom stereocenters. The first kappa shape index (κ1) is 17.9. The molecule has 10 heteroatoms. The molecule has 0 bridgehead atoms. The lowest BCUT2D eigenvalue weighted by atomic mass is 10.1. The Kier molecular flexibility index (Phi) is 4.45. The van der Waals surface area contributed by atoms with Gasteiger partial charge in [0.1, 0.15) is 5.82 Å². The fourth-order valence-corrected chi connectivity index (χ4v) is 3.34. The molecular formula is C16H11F4N3O2S. The van der Waals surface area contributed by atoms with Gasteiger partial charge in [0.05, 0.1) is 21.8 Å². The molecule has 136 valence electrons. The summed E-state index contributed by atoms with van der Waals surface area (Å²) < 4.78 is 80.5. The molecule has 3 rings (SSSR count). The maximum Gasteiger partial charge on any atom is 0.416 e. The molecule has 0 saturated carbocycles. The van der Waals surface area contributed by atoms with E-state index in [2.05, 4.69) is 9.82 Å². The highest BCUT2D eigenvalue weighted by atomic mass is 32.2. The average molecular weight is 385 g/mol. The van der Waals surface area contributed by atoms with E-state index < -0.39 is 32.5 Å². The number of alkyl halides is 3. The molecule has 2 aromatic carbocycles. The molecule has 0 spiro atoms. The third-order valence-corrected chi connectivity index (χ3v) is 4.79. The van der Waals surface area contributed by atoms with Crippen LogP contribution in [0.5, 0.6) is 0 Å². The predicted molar refractivity (Wildman–Crippen MR) is 85.8 cm³/mol. The highest BCUT2D eigenvalue weighted by Crippen LogP contribution is 2.34.